The molecule has 1 saturated heterocycles. The number of hydrogen-bond donors (Lipinski definition) is 1. The van der Waals surface area contributed by atoms with E-state index in [1.165, 1.54) is 0 Å². The summed E-state index contributed by atoms with van der Waals surface area (Å²) >= 11 is 1.58. The van der Waals surface area contributed by atoms with Crippen LogP contribution in [0.25, 0.3) is 0 Å². The summed E-state index contributed by atoms with van der Waals surface area (Å²) in [5.41, 5.74) is 1.68. The molecular weight excluding hydrogens is 220 g/mol. The molecule has 16 heavy (non-hydrogen) atoms. The van der Waals surface area contributed by atoms with Crippen molar-refractivity contribution >= 4 is 17.4 Å². The van der Waals surface area contributed by atoms with Crippen molar-refractivity contribution in [1.29, 1.82) is 5.26 Å². The van der Waals surface area contributed by atoms with Crippen LogP contribution in [0, 0.1) is 11.3 Å². The molecule has 1 heterocycles. The van der Waals surface area contributed by atoms with Crippen molar-refractivity contribution in [3.63, 3.8) is 0 Å². The minimum atomic E-state index is -0.260. The standard InChI is InChI=1S/C12H14N2OS/c1-16-12-4-2-3-11(10(12)7-13)14-6-5-9(15)8-14/h2-4,9,15H,5-6,8H2,1H3/t9-/m1/s1. The van der Waals surface area contributed by atoms with E-state index in [4.69, 9.17) is 0 Å². The molecule has 1 aliphatic rings. The summed E-state index contributed by atoms with van der Waals surface area (Å²) in [6.45, 7) is 1.46. The molecule has 0 aliphatic carbocycles. The van der Waals surface area contributed by atoms with E-state index < -0.39 is 0 Å². The highest BCUT2D eigenvalue weighted by molar-refractivity contribution is 7.98. The molecule has 1 aromatic rings. The average molecular weight is 234 g/mol. The average Bonchev–Trinajstić information content (AvgIpc) is 2.74. The Kier molecular flexibility index (Phi) is 3.37. The number of benzene rings is 1. The van der Waals surface area contributed by atoms with Gasteiger partial charge in [-0.2, -0.15) is 5.26 Å². The molecule has 0 amide bonds. The molecule has 3 nitrogen and oxygen atoms in total. The highest BCUT2D eigenvalue weighted by Gasteiger charge is 2.23. The van der Waals surface area contributed by atoms with Gasteiger partial charge in [0, 0.05) is 18.0 Å². The van der Waals surface area contributed by atoms with Crippen molar-refractivity contribution in [3.05, 3.63) is 23.8 Å². The van der Waals surface area contributed by atoms with Crippen molar-refractivity contribution in [1.82, 2.24) is 0 Å². The third-order valence-corrected chi connectivity index (χ3v) is 3.62. The molecule has 0 spiro atoms. The number of β-amino-alcohol motifs (C(OH)–C–C–N with tert-alkyl or cyclic N) is 1. The van der Waals surface area contributed by atoms with Crippen LogP contribution in [0.1, 0.15) is 12.0 Å². The molecule has 1 N–H and O–H groups in total. The smallest absolute Gasteiger partial charge is 0.103 e. The van der Waals surface area contributed by atoms with Crippen molar-refractivity contribution in [2.45, 2.75) is 17.4 Å². The van der Waals surface area contributed by atoms with Gasteiger partial charge in [0.2, 0.25) is 0 Å². The fourth-order valence-corrected chi connectivity index (χ4v) is 2.60. The van der Waals surface area contributed by atoms with E-state index in [1.807, 2.05) is 24.5 Å². The van der Waals surface area contributed by atoms with Gasteiger partial charge >= 0.3 is 0 Å². The van der Waals surface area contributed by atoms with Crippen LogP contribution in [-0.4, -0.2) is 30.6 Å². The number of nitriles is 1. The van der Waals surface area contributed by atoms with Gasteiger partial charge in [0.1, 0.15) is 6.07 Å². The first-order chi connectivity index (χ1) is 7.76. The third-order valence-electron chi connectivity index (χ3n) is 2.84. The zero-order valence-corrected chi connectivity index (χ0v) is 10.00. The van der Waals surface area contributed by atoms with E-state index in [2.05, 4.69) is 11.0 Å². The van der Waals surface area contributed by atoms with Crippen molar-refractivity contribution in [2.24, 2.45) is 0 Å². The van der Waals surface area contributed by atoms with E-state index >= 15 is 0 Å². The van der Waals surface area contributed by atoms with E-state index in [0.717, 1.165) is 29.1 Å². The molecular formula is C12H14N2OS. The van der Waals surface area contributed by atoms with Gasteiger partial charge in [0.25, 0.3) is 0 Å². The minimum Gasteiger partial charge on any atom is -0.391 e. The van der Waals surface area contributed by atoms with Gasteiger partial charge in [-0.15, -0.1) is 11.8 Å². The molecule has 0 aromatic heterocycles. The summed E-state index contributed by atoms with van der Waals surface area (Å²) in [6.07, 6.45) is 2.50. The van der Waals surface area contributed by atoms with Crippen LogP contribution >= 0.6 is 11.8 Å². The Bertz CT molecular complexity index is 428. The van der Waals surface area contributed by atoms with E-state index in [1.54, 1.807) is 11.8 Å². The third kappa shape index (κ3) is 2.01. The van der Waals surface area contributed by atoms with Gasteiger partial charge in [-0.3, -0.25) is 0 Å². The Balaban J connectivity index is 2.37. The largest absolute Gasteiger partial charge is 0.391 e. The second-order valence-corrected chi connectivity index (χ2v) is 4.70. The topological polar surface area (TPSA) is 47.3 Å². The normalized spacial score (nSPS) is 19.8. The SMILES string of the molecule is CSc1cccc(N2CC[C@@H](O)C2)c1C#N. The highest BCUT2D eigenvalue weighted by Crippen LogP contribution is 2.30. The number of anilines is 1. The maximum Gasteiger partial charge on any atom is 0.103 e. The zero-order chi connectivity index (χ0) is 11.5. The van der Waals surface area contributed by atoms with Gasteiger partial charge in [-0.1, -0.05) is 6.07 Å². The Hall–Kier alpha value is -1.18. The van der Waals surface area contributed by atoms with Gasteiger partial charge < -0.3 is 10.0 Å². The predicted octanol–water partition coefficient (Wildman–Crippen LogP) is 1.85. The molecule has 84 valence electrons. The first-order valence-electron chi connectivity index (χ1n) is 5.26. The van der Waals surface area contributed by atoms with Crippen LogP contribution in [0.15, 0.2) is 23.1 Å². The van der Waals surface area contributed by atoms with Crippen molar-refractivity contribution in [3.8, 4) is 6.07 Å². The zero-order valence-electron chi connectivity index (χ0n) is 9.18. The van der Waals surface area contributed by atoms with Gasteiger partial charge in [-0.25, -0.2) is 0 Å². The number of rotatable bonds is 2. The summed E-state index contributed by atoms with van der Waals surface area (Å²) in [6, 6.07) is 8.14. The Labute approximate surface area is 99.7 Å². The maximum atomic E-state index is 9.52. The van der Waals surface area contributed by atoms with Crippen LogP contribution < -0.4 is 4.90 Å². The molecule has 1 aromatic carbocycles. The Morgan fingerprint density at radius 1 is 1.56 bits per heavy atom. The second kappa shape index (κ2) is 4.77. The quantitative estimate of drug-likeness (QED) is 0.793. The number of aliphatic hydroxyl groups excluding tert-OH is 1. The summed E-state index contributed by atoms with van der Waals surface area (Å²) in [5, 5.41) is 18.7. The summed E-state index contributed by atoms with van der Waals surface area (Å²) in [5.74, 6) is 0. The van der Waals surface area contributed by atoms with E-state index in [0.29, 0.717) is 6.54 Å². The van der Waals surface area contributed by atoms with Crippen LogP contribution in [0.5, 0.6) is 0 Å². The van der Waals surface area contributed by atoms with Crippen molar-refractivity contribution < 1.29 is 5.11 Å². The molecule has 2 rings (SSSR count). The van der Waals surface area contributed by atoms with Crippen LogP contribution in [0.4, 0.5) is 5.69 Å². The predicted molar refractivity (Wildman–Crippen MR) is 65.8 cm³/mol. The molecule has 4 heteroatoms. The van der Waals surface area contributed by atoms with Crippen LogP contribution in [-0.2, 0) is 0 Å². The lowest BCUT2D eigenvalue weighted by molar-refractivity contribution is 0.198. The van der Waals surface area contributed by atoms with Crippen LogP contribution in [0.2, 0.25) is 0 Å². The van der Waals surface area contributed by atoms with E-state index in [-0.39, 0.29) is 6.10 Å². The summed E-state index contributed by atoms with van der Waals surface area (Å²) in [7, 11) is 0. The lowest BCUT2D eigenvalue weighted by atomic mass is 10.2. The maximum absolute atomic E-state index is 9.52. The van der Waals surface area contributed by atoms with Crippen LogP contribution in [0.3, 0.4) is 0 Å². The number of aliphatic hydroxyl groups is 1. The molecule has 0 unspecified atom stereocenters. The lowest BCUT2D eigenvalue weighted by Crippen LogP contribution is -2.22. The number of thioether (sulfide) groups is 1. The van der Waals surface area contributed by atoms with Gasteiger partial charge in [-0.05, 0) is 24.8 Å². The fourth-order valence-electron chi connectivity index (χ4n) is 2.03. The second-order valence-electron chi connectivity index (χ2n) is 3.85. The van der Waals surface area contributed by atoms with Crippen molar-refractivity contribution in [2.75, 3.05) is 24.2 Å². The Morgan fingerprint density at radius 3 is 2.94 bits per heavy atom. The molecule has 0 bridgehead atoms. The molecule has 1 fully saturated rings. The Morgan fingerprint density at radius 2 is 2.38 bits per heavy atom. The lowest BCUT2D eigenvalue weighted by Gasteiger charge is -2.20. The highest BCUT2D eigenvalue weighted by atomic mass is 32.2. The number of hydrogen-bond acceptors (Lipinski definition) is 4. The first kappa shape index (κ1) is 11.3. The van der Waals surface area contributed by atoms with E-state index in [9.17, 15) is 10.4 Å². The number of nitrogens with zero attached hydrogens (tertiary/aromatic N) is 2. The van der Waals surface area contributed by atoms with Gasteiger partial charge in [0.05, 0.1) is 17.4 Å². The van der Waals surface area contributed by atoms with Gasteiger partial charge in [0.15, 0.2) is 0 Å². The monoisotopic (exact) mass is 234 g/mol. The molecule has 1 atom stereocenters. The summed E-state index contributed by atoms with van der Waals surface area (Å²) < 4.78 is 0. The first-order valence-corrected chi connectivity index (χ1v) is 6.49. The summed E-state index contributed by atoms with van der Waals surface area (Å²) in [4.78, 5) is 3.09. The molecule has 0 saturated carbocycles. The molecule has 0 radical (unpaired) electrons. The minimum absolute atomic E-state index is 0.260. The molecule has 1 aliphatic heterocycles. The fraction of sp³-hybridized carbons (Fsp3) is 0.417.